The minimum Gasteiger partial charge on any atom is -0.392 e. The predicted octanol–water partition coefficient (Wildman–Crippen LogP) is 2.07. The van der Waals surface area contributed by atoms with Crippen molar-refractivity contribution in [3.63, 3.8) is 0 Å². The molecule has 0 fully saturated rings. The number of aromatic nitrogens is 2. The molecule has 2 aromatic rings. The highest BCUT2D eigenvalue weighted by Gasteiger charge is 2.11. The lowest BCUT2D eigenvalue weighted by molar-refractivity contribution is 0.281. The van der Waals surface area contributed by atoms with Crippen LogP contribution in [-0.2, 0) is 20.2 Å². The number of nitrogens with zero attached hydrogens (tertiary/aromatic N) is 2. The van der Waals surface area contributed by atoms with Crippen LogP contribution >= 0.6 is 0 Å². The smallest absolute Gasteiger partial charge is 0.0681 e. The Kier molecular flexibility index (Phi) is 4.35. The van der Waals surface area contributed by atoms with E-state index in [1.807, 2.05) is 36.9 Å². The maximum atomic E-state index is 9.13. The Morgan fingerprint density at radius 2 is 2.11 bits per heavy atom. The van der Waals surface area contributed by atoms with Gasteiger partial charge in [-0.2, -0.15) is 5.10 Å². The molecule has 0 spiro atoms. The summed E-state index contributed by atoms with van der Waals surface area (Å²) >= 11 is 0. The second kappa shape index (κ2) is 5.99. The zero-order chi connectivity index (χ0) is 13.8. The Morgan fingerprint density at radius 3 is 2.74 bits per heavy atom. The van der Waals surface area contributed by atoms with Crippen molar-refractivity contribution in [3.8, 4) is 0 Å². The first-order valence-corrected chi connectivity index (χ1v) is 6.52. The predicted molar refractivity (Wildman–Crippen MR) is 75.6 cm³/mol. The lowest BCUT2D eigenvalue weighted by Gasteiger charge is -2.13. The summed E-state index contributed by atoms with van der Waals surface area (Å²) in [7, 11) is 1.94. The van der Waals surface area contributed by atoms with Gasteiger partial charge in [-0.25, -0.2) is 0 Å². The highest BCUT2D eigenvalue weighted by atomic mass is 16.3. The first kappa shape index (κ1) is 13.8. The number of aryl methyl sites for hydroxylation is 2. The van der Waals surface area contributed by atoms with Gasteiger partial charge in [0.25, 0.3) is 0 Å². The quantitative estimate of drug-likeness (QED) is 0.864. The van der Waals surface area contributed by atoms with Gasteiger partial charge in [0.05, 0.1) is 12.3 Å². The molecule has 4 heteroatoms. The molecule has 0 bridgehead atoms. The number of aliphatic hydroxyl groups excluding tert-OH is 1. The summed E-state index contributed by atoms with van der Waals surface area (Å²) < 4.78 is 1.84. The Labute approximate surface area is 114 Å². The van der Waals surface area contributed by atoms with Gasteiger partial charge in [0, 0.05) is 31.4 Å². The Morgan fingerprint density at radius 1 is 1.37 bits per heavy atom. The Hall–Kier alpha value is -1.65. The Bertz CT molecular complexity index is 548. The largest absolute Gasteiger partial charge is 0.392 e. The van der Waals surface area contributed by atoms with E-state index >= 15 is 0 Å². The van der Waals surface area contributed by atoms with Crippen molar-refractivity contribution in [1.82, 2.24) is 15.1 Å². The van der Waals surface area contributed by atoms with Crippen LogP contribution in [0.15, 0.2) is 30.5 Å². The second-order valence-corrected chi connectivity index (χ2v) is 4.92. The molecule has 4 nitrogen and oxygen atoms in total. The number of aliphatic hydroxyl groups is 1. The summed E-state index contributed by atoms with van der Waals surface area (Å²) in [5, 5.41) is 17.0. The molecule has 1 atom stereocenters. The molecule has 1 aromatic carbocycles. The molecular weight excluding hydrogens is 238 g/mol. The number of hydrogen-bond acceptors (Lipinski definition) is 3. The van der Waals surface area contributed by atoms with Crippen molar-refractivity contribution in [1.29, 1.82) is 0 Å². The molecule has 1 heterocycles. The fourth-order valence-electron chi connectivity index (χ4n) is 2.26. The maximum Gasteiger partial charge on any atom is 0.0681 e. The zero-order valence-electron chi connectivity index (χ0n) is 11.7. The molecule has 2 N–H and O–H groups in total. The first-order valence-electron chi connectivity index (χ1n) is 6.52. The lowest BCUT2D eigenvalue weighted by atomic mass is 10.1. The van der Waals surface area contributed by atoms with Crippen LogP contribution in [0.2, 0.25) is 0 Å². The molecule has 0 saturated carbocycles. The summed E-state index contributed by atoms with van der Waals surface area (Å²) in [4.78, 5) is 0. The van der Waals surface area contributed by atoms with Gasteiger partial charge in [-0.15, -0.1) is 0 Å². The maximum absolute atomic E-state index is 9.13. The van der Waals surface area contributed by atoms with Crippen molar-refractivity contribution in [2.45, 2.75) is 33.0 Å². The molecule has 0 aliphatic rings. The summed E-state index contributed by atoms with van der Waals surface area (Å²) in [5.74, 6) is 0. The van der Waals surface area contributed by atoms with E-state index in [-0.39, 0.29) is 12.6 Å². The molecule has 1 unspecified atom stereocenters. The molecular formula is C15H21N3O. The third kappa shape index (κ3) is 3.43. The average molecular weight is 259 g/mol. The normalized spacial score (nSPS) is 12.6. The number of rotatable bonds is 5. The number of benzene rings is 1. The topological polar surface area (TPSA) is 50.1 Å². The highest BCUT2D eigenvalue weighted by molar-refractivity contribution is 5.24. The van der Waals surface area contributed by atoms with Gasteiger partial charge in [-0.3, -0.25) is 4.68 Å². The monoisotopic (exact) mass is 259 g/mol. The van der Waals surface area contributed by atoms with Gasteiger partial charge in [-0.1, -0.05) is 24.3 Å². The van der Waals surface area contributed by atoms with Crippen LogP contribution in [-0.4, -0.2) is 14.9 Å². The van der Waals surface area contributed by atoms with Crippen LogP contribution in [0.4, 0.5) is 0 Å². The Balaban J connectivity index is 2.00. The van der Waals surface area contributed by atoms with Crippen LogP contribution < -0.4 is 5.32 Å². The van der Waals surface area contributed by atoms with E-state index in [9.17, 15) is 0 Å². The average Bonchev–Trinajstić information content (AvgIpc) is 2.75. The van der Waals surface area contributed by atoms with Crippen LogP contribution in [0, 0.1) is 6.92 Å². The molecule has 2 rings (SSSR count). The fraction of sp³-hybridized carbons (Fsp3) is 0.400. The first-order chi connectivity index (χ1) is 9.10. The van der Waals surface area contributed by atoms with Crippen molar-refractivity contribution in [3.05, 3.63) is 52.8 Å². The lowest BCUT2D eigenvalue weighted by Crippen LogP contribution is -2.18. The minimum absolute atomic E-state index is 0.0884. The van der Waals surface area contributed by atoms with Crippen molar-refractivity contribution in [2.75, 3.05) is 0 Å². The summed E-state index contributed by atoms with van der Waals surface area (Å²) in [6, 6.07) is 8.25. The molecule has 1 aromatic heterocycles. The third-order valence-corrected chi connectivity index (χ3v) is 3.30. The number of hydrogen-bond donors (Lipinski definition) is 2. The highest BCUT2D eigenvalue weighted by Crippen LogP contribution is 2.16. The van der Waals surface area contributed by atoms with E-state index in [0.29, 0.717) is 0 Å². The van der Waals surface area contributed by atoms with Crippen LogP contribution in [0.25, 0.3) is 0 Å². The standard InChI is InChI=1S/C15H21N3O/c1-11(15-9-18(3)17-12(15)2)16-8-13-5-4-6-14(7-13)10-19/h4-7,9,11,16,19H,8,10H2,1-3H3. The molecule has 0 saturated heterocycles. The summed E-state index contributed by atoms with van der Waals surface area (Å²) in [6.07, 6.45) is 2.05. The van der Waals surface area contributed by atoms with Crippen LogP contribution in [0.3, 0.4) is 0 Å². The zero-order valence-corrected chi connectivity index (χ0v) is 11.7. The van der Waals surface area contributed by atoms with Gasteiger partial charge >= 0.3 is 0 Å². The van der Waals surface area contributed by atoms with Gasteiger partial charge in [0.2, 0.25) is 0 Å². The minimum atomic E-state index is 0.0884. The van der Waals surface area contributed by atoms with Crippen molar-refractivity contribution in [2.24, 2.45) is 7.05 Å². The molecule has 0 aliphatic carbocycles. The van der Waals surface area contributed by atoms with Gasteiger partial charge in [-0.05, 0) is 25.0 Å². The molecule has 0 aliphatic heterocycles. The van der Waals surface area contributed by atoms with Gasteiger partial charge in [0.15, 0.2) is 0 Å². The van der Waals surface area contributed by atoms with Gasteiger partial charge < -0.3 is 10.4 Å². The van der Waals surface area contributed by atoms with E-state index in [1.54, 1.807) is 0 Å². The molecule has 0 radical (unpaired) electrons. The van der Waals surface area contributed by atoms with E-state index < -0.39 is 0 Å². The van der Waals surface area contributed by atoms with Gasteiger partial charge in [0.1, 0.15) is 0 Å². The third-order valence-electron chi connectivity index (χ3n) is 3.30. The molecule has 102 valence electrons. The van der Waals surface area contributed by atoms with Crippen LogP contribution in [0.1, 0.15) is 35.3 Å². The van der Waals surface area contributed by atoms with Crippen molar-refractivity contribution >= 4 is 0 Å². The summed E-state index contributed by atoms with van der Waals surface area (Å²) in [6.45, 7) is 5.04. The molecule has 19 heavy (non-hydrogen) atoms. The van der Waals surface area contributed by atoms with E-state index in [1.165, 1.54) is 11.1 Å². The molecule has 0 amide bonds. The van der Waals surface area contributed by atoms with E-state index in [0.717, 1.165) is 17.8 Å². The SMILES string of the molecule is Cc1nn(C)cc1C(C)NCc1cccc(CO)c1. The van der Waals surface area contributed by atoms with E-state index in [4.69, 9.17) is 5.11 Å². The van der Waals surface area contributed by atoms with Crippen molar-refractivity contribution < 1.29 is 5.11 Å². The second-order valence-electron chi connectivity index (χ2n) is 4.92. The van der Waals surface area contributed by atoms with Crippen LogP contribution in [0.5, 0.6) is 0 Å². The number of nitrogens with one attached hydrogen (secondary N) is 1. The summed E-state index contributed by atoms with van der Waals surface area (Å²) in [5.41, 5.74) is 4.41. The fourth-order valence-corrected chi connectivity index (χ4v) is 2.26. The van der Waals surface area contributed by atoms with E-state index in [2.05, 4.69) is 29.6 Å².